The van der Waals surface area contributed by atoms with E-state index in [1.54, 1.807) is 36.4 Å². The van der Waals surface area contributed by atoms with Crippen LogP contribution in [0.2, 0.25) is 0 Å². The summed E-state index contributed by atoms with van der Waals surface area (Å²) in [5, 5.41) is 9.84. The van der Waals surface area contributed by atoms with Gasteiger partial charge >= 0.3 is 0 Å². The van der Waals surface area contributed by atoms with Crippen molar-refractivity contribution >= 4 is 34.5 Å². The number of benzene rings is 2. The van der Waals surface area contributed by atoms with Crippen molar-refractivity contribution in [3.8, 4) is 23.0 Å². The first-order valence-corrected chi connectivity index (χ1v) is 8.09. The molecule has 2 aromatic carbocycles. The van der Waals surface area contributed by atoms with E-state index >= 15 is 0 Å². The number of hydrogen-bond acceptors (Lipinski definition) is 5. The lowest BCUT2D eigenvalue weighted by Crippen LogP contribution is -2.02. The molecule has 0 aromatic heterocycles. The van der Waals surface area contributed by atoms with Crippen molar-refractivity contribution < 1.29 is 24.1 Å². The highest BCUT2D eigenvalue weighted by atomic mass is 127. The minimum Gasteiger partial charge on any atom is -0.507 e. The van der Waals surface area contributed by atoms with Gasteiger partial charge in [0.1, 0.15) is 5.75 Å². The standard InChI is InChI=1S/C18H17IO5/c1-22-16-9-6-13(17(23-2)18(16)24-3)15(21)7-4-11-10-12(19)5-8-14(11)20/h4-10,20H,1-3H3/b7-4+. The number of ketones is 1. The molecule has 5 nitrogen and oxygen atoms in total. The number of phenolic OH excluding ortho intramolecular Hbond substituents is 1. The predicted octanol–water partition coefficient (Wildman–Crippen LogP) is 3.92. The van der Waals surface area contributed by atoms with Crippen LogP contribution in [-0.2, 0) is 0 Å². The van der Waals surface area contributed by atoms with E-state index in [0.717, 1.165) is 3.57 Å². The van der Waals surface area contributed by atoms with Crippen LogP contribution in [0.5, 0.6) is 23.0 Å². The molecule has 0 amide bonds. The Bertz CT molecular complexity index is 783. The lowest BCUT2D eigenvalue weighted by Gasteiger charge is -2.14. The Morgan fingerprint density at radius 1 is 1.04 bits per heavy atom. The zero-order valence-corrected chi connectivity index (χ0v) is 15.7. The third kappa shape index (κ3) is 3.81. The van der Waals surface area contributed by atoms with Gasteiger partial charge in [-0.15, -0.1) is 0 Å². The van der Waals surface area contributed by atoms with Crippen LogP contribution in [0.4, 0.5) is 0 Å². The van der Waals surface area contributed by atoms with Crippen molar-refractivity contribution in [1.29, 1.82) is 0 Å². The van der Waals surface area contributed by atoms with Crippen LogP contribution in [0.15, 0.2) is 36.4 Å². The summed E-state index contributed by atoms with van der Waals surface area (Å²) < 4.78 is 16.8. The number of halogens is 1. The van der Waals surface area contributed by atoms with Crippen LogP contribution < -0.4 is 14.2 Å². The quantitative estimate of drug-likeness (QED) is 0.419. The maximum atomic E-state index is 12.5. The van der Waals surface area contributed by atoms with Crippen molar-refractivity contribution in [3.05, 3.63) is 51.1 Å². The summed E-state index contributed by atoms with van der Waals surface area (Å²) in [7, 11) is 4.45. The largest absolute Gasteiger partial charge is 0.507 e. The Labute approximate surface area is 154 Å². The molecule has 2 aromatic rings. The van der Waals surface area contributed by atoms with Gasteiger partial charge in [-0.05, 0) is 65.1 Å². The third-order valence-electron chi connectivity index (χ3n) is 3.37. The number of carbonyl (C=O) groups excluding carboxylic acids is 1. The third-order valence-corrected chi connectivity index (χ3v) is 4.04. The summed E-state index contributed by atoms with van der Waals surface area (Å²) in [4.78, 5) is 12.5. The van der Waals surface area contributed by atoms with E-state index < -0.39 is 0 Å². The molecule has 0 aliphatic carbocycles. The molecule has 126 valence electrons. The van der Waals surface area contributed by atoms with Crippen molar-refractivity contribution in [1.82, 2.24) is 0 Å². The SMILES string of the molecule is COc1ccc(C(=O)/C=C/c2cc(I)ccc2O)c(OC)c1OC. The fraction of sp³-hybridized carbons (Fsp3) is 0.167. The topological polar surface area (TPSA) is 65.0 Å². The zero-order valence-electron chi connectivity index (χ0n) is 13.5. The highest BCUT2D eigenvalue weighted by Gasteiger charge is 2.19. The average Bonchev–Trinajstić information content (AvgIpc) is 2.60. The van der Waals surface area contributed by atoms with Crippen LogP contribution in [0.1, 0.15) is 15.9 Å². The van der Waals surface area contributed by atoms with Gasteiger partial charge in [0.2, 0.25) is 5.75 Å². The van der Waals surface area contributed by atoms with E-state index in [4.69, 9.17) is 14.2 Å². The monoisotopic (exact) mass is 440 g/mol. The normalized spacial score (nSPS) is 10.7. The summed E-state index contributed by atoms with van der Waals surface area (Å²) in [5.74, 6) is 0.977. The van der Waals surface area contributed by atoms with E-state index in [1.807, 2.05) is 0 Å². The molecule has 0 fully saturated rings. The van der Waals surface area contributed by atoms with E-state index in [-0.39, 0.29) is 11.5 Å². The number of carbonyl (C=O) groups is 1. The number of aromatic hydroxyl groups is 1. The van der Waals surface area contributed by atoms with Gasteiger partial charge in [-0.1, -0.05) is 0 Å². The van der Waals surface area contributed by atoms with Gasteiger partial charge in [0, 0.05) is 9.13 Å². The van der Waals surface area contributed by atoms with Crippen molar-refractivity contribution in [2.75, 3.05) is 21.3 Å². The van der Waals surface area contributed by atoms with Crippen LogP contribution in [0.3, 0.4) is 0 Å². The summed E-state index contributed by atoms with van der Waals surface area (Å²) in [6, 6.07) is 8.41. The second kappa shape index (κ2) is 8.05. The first-order valence-electron chi connectivity index (χ1n) is 7.01. The fourth-order valence-corrected chi connectivity index (χ4v) is 2.72. The molecule has 0 radical (unpaired) electrons. The molecule has 0 spiro atoms. The zero-order chi connectivity index (χ0) is 17.7. The van der Waals surface area contributed by atoms with Gasteiger partial charge in [0.05, 0.1) is 26.9 Å². The maximum Gasteiger partial charge on any atom is 0.204 e. The second-order valence-electron chi connectivity index (χ2n) is 4.78. The molecule has 0 saturated heterocycles. The molecule has 24 heavy (non-hydrogen) atoms. The van der Waals surface area contributed by atoms with Gasteiger partial charge in [-0.3, -0.25) is 4.79 Å². The van der Waals surface area contributed by atoms with Crippen LogP contribution >= 0.6 is 22.6 Å². The van der Waals surface area contributed by atoms with Crippen molar-refractivity contribution in [2.24, 2.45) is 0 Å². The van der Waals surface area contributed by atoms with E-state index in [2.05, 4.69) is 22.6 Å². The van der Waals surface area contributed by atoms with Gasteiger partial charge in [-0.2, -0.15) is 0 Å². The Morgan fingerprint density at radius 2 is 1.75 bits per heavy atom. The summed E-state index contributed by atoms with van der Waals surface area (Å²) >= 11 is 2.14. The first kappa shape index (κ1) is 18.1. The number of ether oxygens (including phenoxy) is 3. The van der Waals surface area contributed by atoms with Gasteiger partial charge in [0.25, 0.3) is 0 Å². The highest BCUT2D eigenvalue weighted by Crippen LogP contribution is 2.40. The molecule has 2 rings (SSSR count). The average molecular weight is 440 g/mol. The first-order chi connectivity index (χ1) is 11.5. The Balaban J connectivity index is 2.39. The molecule has 0 saturated carbocycles. The minimum absolute atomic E-state index is 0.110. The Hall–Kier alpha value is -2.22. The van der Waals surface area contributed by atoms with Crippen molar-refractivity contribution in [2.45, 2.75) is 0 Å². The molecular weight excluding hydrogens is 423 g/mol. The van der Waals surface area contributed by atoms with Gasteiger partial charge < -0.3 is 19.3 Å². The molecule has 0 atom stereocenters. The summed E-state index contributed by atoms with van der Waals surface area (Å²) in [6.07, 6.45) is 2.95. The molecule has 0 aliphatic heterocycles. The van der Waals surface area contributed by atoms with Crippen LogP contribution in [0, 0.1) is 3.57 Å². The van der Waals surface area contributed by atoms with Gasteiger partial charge in [-0.25, -0.2) is 0 Å². The molecule has 0 bridgehead atoms. The van der Waals surface area contributed by atoms with E-state index in [0.29, 0.717) is 28.4 Å². The molecular formula is C18H17IO5. The smallest absolute Gasteiger partial charge is 0.204 e. The number of methoxy groups -OCH3 is 3. The maximum absolute atomic E-state index is 12.5. The number of hydrogen-bond donors (Lipinski definition) is 1. The van der Waals surface area contributed by atoms with Crippen LogP contribution in [0.25, 0.3) is 6.08 Å². The predicted molar refractivity (Wildman–Crippen MR) is 100 cm³/mol. The number of allylic oxidation sites excluding steroid dienone is 1. The minimum atomic E-state index is -0.272. The van der Waals surface area contributed by atoms with Crippen molar-refractivity contribution in [3.63, 3.8) is 0 Å². The Morgan fingerprint density at radius 3 is 2.38 bits per heavy atom. The molecule has 6 heteroatoms. The molecule has 1 N–H and O–H groups in total. The molecule has 0 aliphatic rings. The second-order valence-corrected chi connectivity index (χ2v) is 6.03. The van der Waals surface area contributed by atoms with Gasteiger partial charge in [0.15, 0.2) is 17.3 Å². The number of rotatable bonds is 6. The fourth-order valence-electron chi connectivity index (χ4n) is 2.21. The molecule has 0 heterocycles. The lowest BCUT2D eigenvalue weighted by molar-refractivity contribution is 0.104. The van der Waals surface area contributed by atoms with Crippen LogP contribution in [-0.4, -0.2) is 32.2 Å². The lowest BCUT2D eigenvalue weighted by atomic mass is 10.1. The van der Waals surface area contributed by atoms with E-state index in [9.17, 15) is 9.90 Å². The number of phenols is 1. The van der Waals surface area contributed by atoms with E-state index in [1.165, 1.54) is 27.4 Å². The summed E-state index contributed by atoms with van der Waals surface area (Å²) in [5.41, 5.74) is 0.909. The summed E-state index contributed by atoms with van der Waals surface area (Å²) in [6.45, 7) is 0. The Kier molecular flexibility index (Phi) is 6.08. The molecule has 0 unspecified atom stereocenters. The highest BCUT2D eigenvalue weighted by molar-refractivity contribution is 14.1.